The zero-order chi connectivity index (χ0) is 22.0. The van der Waals surface area contributed by atoms with Crippen molar-refractivity contribution in [1.29, 1.82) is 0 Å². The minimum absolute atomic E-state index is 0.119. The van der Waals surface area contributed by atoms with E-state index in [1.165, 1.54) is 4.31 Å². The van der Waals surface area contributed by atoms with Gasteiger partial charge in [-0.1, -0.05) is 22.0 Å². The molecule has 2 aliphatic rings. The summed E-state index contributed by atoms with van der Waals surface area (Å²) in [5.74, 6) is -0.0101. The molecule has 164 valence electrons. The first-order valence-corrected chi connectivity index (χ1v) is 12.5. The van der Waals surface area contributed by atoms with Crippen molar-refractivity contribution < 1.29 is 18.0 Å². The van der Waals surface area contributed by atoms with E-state index in [0.29, 0.717) is 36.1 Å². The van der Waals surface area contributed by atoms with Crippen molar-refractivity contribution in [2.45, 2.75) is 24.2 Å². The molecule has 2 aromatic carbocycles. The molecule has 0 aliphatic carbocycles. The van der Waals surface area contributed by atoms with Gasteiger partial charge in [0.15, 0.2) is 0 Å². The monoisotopic (exact) mass is 505 g/mol. The number of piperazine rings is 1. The molecule has 31 heavy (non-hydrogen) atoms. The molecule has 0 N–H and O–H groups in total. The molecule has 0 unspecified atom stereocenters. The van der Waals surface area contributed by atoms with Gasteiger partial charge >= 0.3 is 0 Å². The standard InChI is InChI=1S/C22H24BrN3O4S/c23-18-4-3-5-20(16-18)31(29,30)25-14-12-24(13-15-25)22(28)17-7-9-19(10-8-17)26-11-2-1-6-21(26)27/h3-5,7-10,16H,1-2,6,11-15H2. The van der Waals surface area contributed by atoms with Crippen LogP contribution in [-0.2, 0) is 14.8 Å². The highest BCUT2D eigenvalue weighted by molar-refractivity contribution is 9.10. The Balaban J connectivity index is 1.39. The Hall–Kier alpha value is -2.23. The number of rotatable bonds is 4. The highest BCUT2D eigenvalue weighted by Gasteiger charge is 2.30. The molecule has 0 aromatic heterocycles. The van der Waals surface area contributed by atoms with Crippen LogP contribution in [0.1, 0.15) is 29.6 Å². The maximum atomic E-state index is 12.9. The number of sulfonamides is 1. The van der Waals surface area contributed by atoms with E-state index < -0.39 is 10.0 Å². The number of benzene rings is 2. The lowest BCUT2D eigenvalue weighted by Crippen LogP contribution is -2.50. The summed E-state index contributed by atoms with van der Waals surface area (Å²) in [4.78, 5) is 28.7. The first kappa shape index (κ1) is 22.0. The number of nitrogens with zero attached hydrogens (tertiary/aromatic N) is 3. The molecule has 2 aromatic rings. The van der Waals surface area contributed by atoms with Gasteiger partial charge in [-0.2, -0.15) is 4.31 Å². The van der Waals surface area contributed by atoms with Crippen LogP contribution in [0.5, 0.6) is 0 Å². The van der Waals surface area contributed by atoms with Crippen molar-refractivity contribution in [3.8, 4) is 0 Å². The van der Waals surface area contributed by atoms with E-state index in [1.807, 2.05) is 12.1 Å². The van der Waals surface area contributed by atoms with Gasteiger partial charge in [0, 0.05) is 54.9 Å². The van der Waals surface area contributed by atoms with Gasteiger partial charge in [0.05, 0.1) is 4.90 Å². The molecule has 2 saturated heterocycles. The average Bonchev–Trinajstić information content (AvgIpc) is 2.79. The molecule has 0 atom stereocenters. The Kier molecular flexibility index (Phi) is 6.45. The van der Waals surface area contributed by atoms with Crippen molar-refractivity contribution >= 4 is 43.5 Å². The van der Waals surface area contributed by atoms with Crippen LogP contribution < -0.4 is 4.90 Å². The average molecular weight is 506 g/mol. The first-order chi connectivity index (χ1) is 14.9. The van der Waals surface area contributed by atoms with Gasteiger partial charge < -0.3 is 9.80 Å². The van der Waals surface area contributed by atoms with Crippen molar-refractivity contribution in [3.05, 3.63) is 58.6 Å². The van der Waals surface area contributed by atoms with Crippen LogP contribution in [-0.4, -0.2) is 62.2 Å². The van der Waals surface area contributed by atoms with Crippen molar-refractivity contribution in [1.82, 2.24) is 9.21 Å². The molecule has 9 heteroatoms. The molecule has 0 spiro atoms. The lowest BCUT2D eigenvalue weighted by Gasteiger charge is -2.34. The number of hydrogen-bond acceptors (Lipinski definition) is 4. The Morgan fingerprint density at radius 2 is 1.61 bits per heavy atom. The van der Waals surface area contributed by atoms with Gasteiger partial charge in [-0.25, -0.2) is 8.42 Å². The molecule has 7 nitrogen and oxygen atoms in total. The largest absolute Gasteiger partial charge is 0.336 e. The van der Waals surface area contributed by atoms with Crippen LogP contribution in [0.2, 0.25) is 0 Å². The summed E-state index contributed by atoms with van der Waals surface area (Å²) in [6.07, 6.45) is 2.47. The Bertz CT molecular complexity index is 1080. The van der Waals surface area contributed by atoms with E-state index in [1.54, 1.807) is 46.2 Å². The number of amides is 2. The lowest BCUT2D eigenvalue weighted by molar-refractivity contribution is -0.119. The van der Waals surface area contributed by atoms with Gasteiger partial charge in [-0.3, -0.25) is 9.59 Å². The smallest absolute Gasteiger partial charge is 0.253 e. The van der Waals surface area contributed by atoms with E-state index in [0.717, 1.165) is 18.5 Å². The van der Waals surface area contributed by atoms with E-state index in [2.05, 4.69) is 15.9 Å². The van der Waals surface area contributed by atoms with Crippen molar-refractivity contribution in [3.63, 3.8) is 0 Å². The number of hydrogen-bond donors (Lipinski definition) is 0. The van der Waals surface area contributed by atoms with E-state index >= 15 is 0 Å². The maximum absolute atomic E-state index is 12.9. The summed E-state index contributed by atoms with van der Waals surface area (Å²) in [6.45, 7) is 1.87. The summed E-state index contributed by atoms with van der Waals surface area (Å²) >= 11 is 3.31. The van der Waals surface area contributed by atoms with Crippen molar-refractivity contribution in [2.24, 2.45) is 0 Å². The molecule has 4 rings (SSSR count). The molecule has 0 radical (unpaired) electrons. The number of carbonyl (C=O) groups is 2. The van der Waals surface area contributed by atoms with Crippen LogP contribution in [0.3, 0.4) is 0 Å². The van der Waals surface area contributed by atoms with Crippen LogP contribution in [0.15, 0.2) is 57.9 Å². The van der Waals surface area contributed by atoms with Gasteiger partial charge in [-0.05, 0) is 55.3 Å². The van der Waals surface area contributed by atoms with Crippen LogP contribution in [0.25, 0.3) is 0 Å². The van der Waals surface area contributed by atoms with Gasteiger partial charge in [0.1, 0.15) is 0 Å². The molecule has 2 amide bonds. The highest BCUT2D eigenvalue weighted by atomic mass is 79.9. The fraction of sp³-hybridized carbons (Fsp3) is 0.364. The highest BCUT2D eigenvalue weighted by Crippen LogP contribution is 2.24. The third kappa shape index (κ3) is 4.68. The molecular formula is C22H24BrN3O4S. The SMILES string of the molecule is O=C(c1ccc(N2CCCCC2=O)cc1)N1CCN(S(=O)(=O)c2cccc(Br)c2)CC1. The molecule has 0 saturated carbocycles. The molecule has 2 fully saturated rings. The van der Waals surface area contributed by atoms with E-state index in [9.17, 15) is 18.0 Å². The summed E-state index contributed by atoms with van der Waals surface area (Å²) in [5, 5.41) is 0. The summed E-state index contributed by atoms with van der Waals surface area (Å²) in [6, 6.07) is 13.7. The van der Waals surface area contributed by atoms with Crippen LogP contribution >= 0.6 is 15.9 Å². The zero-order valence-electron chi connectivity index (χ0n) is 17.0. The van der Waals surface area contributed by atoms with Crippen molar-refractivity contribution in [2.75, 3.05) is 37.6 Å². The zero-order valence-corrected chi connectivity index (χ0v) is 19.4. The van der Waals surface area contributed by atoms with Crippen LogP contribution in [0.4, 0.5) is 5.69 Å². The van der Waals surface area contributed by atoms with E-state index in [-0.39, 0.29) is 29.8 Å². The van der Waals surface area contributed by atoms with E-state index in [4.69, 9.17) is 0 Å². The number of anilines is 1. The molecule has 2 aliphatic heterocycles. The second-order valence-corrected chi connectivity index (χ2v) is 10.6. The normalized spacial score (nSPS) is 18.3. The molecule has 2 heterocycles. The number of carbonyl (C=O) groups excluding carboxylic acids is 2. The third-order valence-electron chi connectivity index (χ3n) is 5.71. The predicted octanol–water partition coefficient (Wildman–Crippen LogP) is 3.11. The first-order valence-electron chi connectivity index (χ1n) is 10.3. The second-order valence-electron chi connectivity index (χ2n) is 7.70. The summed E-state index contributed by atoms with van der Waals surface area (Å²) in [7, 11) is -3.59. The topological polar surface area (TPSA) is 78.0 Å². The van der Waals surface area contributed by atoms with Gasteiger partial charge in [0.25, 0.3) is 5.91 Å². The maximum Gasteiger partial charge on any atom is 0.253 e. The number of halogens is 1. The fourth-order valence-corrected chi connectivity index (χ4v) is 5.97. The predicted molar refractivity (Wildman–Crippen MR) is 121 cm³/mol. The minimum Gasteiger partial charge on any atom is -0.336 e. The quantitative estimate of drug-likeness (QED) is 0.639. The van der Waals surface area contributed by atoms with Gasteiger partial charge in [0.2, 0.25) is 15.9 Å². The van der Waals surface area contributed by atoms with Crippen LogP contribution in [0, 0.1) is 0 Å². The Morgan fingerprint density at radius 1 is 0.903 bits per heavy atom. The Morgan fingerprint density at radius 3 is 2.26 bits per heavy atom. The fourth-order valence-electron chi connectivity index (χ4n) is 3.95. The summed E-state index contributed by atoms with van der Waals surface area (Å²) < 4.78 is 27.9. The Labute approximate surface area is 190 Å². The molecule has 0 bridgehead atoms. The van der Waals surface area contributed by atoms with Gasteiger partial charge in [-0.15, -0.1) is 0 Å². The lowest BCUT2D eigenvalue weighted by atomic mass is 10.1. The second kappa shape index (κ2) is 9.10. The minimum atomic E-state index is -3.59. The third-order valence-corrected chi connectivity index (χ3v) is 8.10. The number of piperidine rings is 1. The summed E-state index contributed by atoms with van der Waals surface area (Å²) in [5.41, 5.74) is 1.35. The molecular weight excluding hydrogens is 482 g/mol.